The predicted octanol–water partition coefficient (Wildman–Crippen LogP) is 6.05. The zero-order valence-electron chi connectivity index (χ0n) is 16.1. The molecule has 0 amide bonds. The molecule has 0 fully saturated rings. The van der Waals surface area contributed by atoms with Crippen LogP contribution in [0.4, 0.5) is 5.69 Å². The lowest BCUT2D eigenvalue weighted by atomic mass is 9.97. The lowest BCUT2D eigenvalue weighted by Crippen LogP contribution is -2.28. The number of hydrogen-bond acceptors (Lipinski definition) is 4. The van der Waals surface area contributed by atoms with Gasteiger partial charge in [-0.3, -0.25) is 0 Å². The fraction of sp³-hybridized carbons (Fsp3) is 0.217. The van der Waals surface area contributed by atoms with E-state index in [-0.39, 0.29) is 5.56 Å². The maximum absolute atomic E-state index is 11.4. The van der Waals surface area contributed by atoms with Gasteiger partial charge in [0.25, 0.3) is 0 Å². The molecule has 1 aliphatic heterocycles. The molecule has 29 heavy (non-hydrogen) atoms. The minimum Gasteiger partial charge on any atom is -0.478 e. The standard InChI is InChI=1S/C23H21N2O2PS/c1-15-14-25(19-8-3-2-4-9-19)21-11-18(13-24)20(12-22(21)29-28-15)16-6-5-7-17(10-16)23(26)27/h2-3,5-8,10-12,15,28H,4,9,14H2,1H3,(H,26,27). The molecule has 0 spiro atoms. The van der Waals surface area contributed by atoms with Gasteiger partial charge >= 0.3 is 5.97 Å². The van der Waals surface area contributed by atoms with Crippen molar-refractivity contribution in [3.63, 3.8) is 0 Å². The second kappa shape index (κ2) is 8.45. The quantitative estimate of drug-likeness (QED) is 0.612. The van der Waals surface area contributed by atoms with Crippen molar-refractivity contribution in [1.29, 1.82) is 5.26 Å². The molecule has 0 aromatic heterocycles. The van der Waals surface area contributed by atoms with Crippen molar-refractivity contribution in [2.45, 2.75) is 30.3 Å². The Morgan fingerprint density at radius 2 is 2.21 bits per heavy atom. The maximum Gasteiger partial charge on any atom is 0.335 e. The first-order chi connectivity index (χ1) is 14.1. The van der Waals surface area contributed by atoms with Gasteiger partial charge in [0.1, 0.15) is 0 Å². The summed E-state index contributed by atoms with van der Waals surface area (Å²) >= 11 is 1.84. The van der Waals surface area contributed by atoms with Gasteiger partial charge in [-0.05, 0) is 48.7 Å². The van der Waals surface area contributed by atoms with Crippen LogP contribution < -0.4 is 4.90 Å². The highest BCUT2D eigenvalue weighted by Crippen LogP contribution is 2.51. The second-order valence-corrected chi connectivity index (χ2v) is 10.4. The van der Waals surface area contributed by atoms with Gasteiger partial charge in [0.05, 0.1) is 22.9 Å². The van der Waals surface area contributed by atoms with E-state index in [1.165, 1.54) is 5.70 Å². The van der Waals surface area contributed by atoms with E-state index < -0.39 is 5.97 Å². The van der Waals surface area contributed by atoms with E-state index in [1.54, 1.807) is 18.2 Å². The number of anilines is 1. The third kappa shape index (κ3) is 4.10. The molecular weight excluding hydrogens is 399 g/mol. The number of carboxylic acid groups (broad SMARTS) is 1. The number of aromatic carboxylic acids is 1. The smallest absolute Gasteiger partial charge is 0.335 e. The molecule has 1 heterocycles. The fourth-order valence-electron chi connectivity index (χ4n) is 3.67. The Morgan fingerprint density at radius 1 is 1.34 bits per heavy atom. The van der Waals surface area contributed by atoms with Gasteiger partial charge in [-0.2, -0.15) is 5.26 Å². The van der Waals surface area contributed by atoms with Crippen LogP contribution >= 0.6 is 19.2 Å². The average molecular weight is 420 g/mol. The number of benzene rings is 2. The largest absolute Gasteiger partial charge is 0.478 e. The molecule has 1 N–H and O–H groups in total. The molecule has 0 saturated heterocycles. The highest BCUT2D eigenvalue weighted by Gasteiger charge is 2.25. The molecule has 6 heteroatoms. The fourth-order valence-corrected chi connectivity index (χ4v) is 6.41. The number of nitriles is 1. The third-order valence-electron chi connectivity index (χ3n) is 5.10. The molecule has 146 valence electrons. The van der Waals surface area contributed by atoms with Crippen LogP contribution in [0.15, 0.2) is 65.2 Å². The first kappa shape index (κ1) is 19.8. The molecule has 4 rings (SSSR count). The Morgan fingerprint density at radius 3 is 2.93 bits per heavy atom. The van der Waals surface area contributed by atoms with E-state index in [4.69, 9.17) is 0 Å². The van der Waals surface area contributed by atoms with Crippen molar-refractivity contribution in [1.82, 2.24) is 0 Å². The van der Waals surface area contributed by atoms with Crippen LogP contribution in [0.3, 0.4) is 0 Å². The number of carbonyl (C=O) groups is 1. The van der Waals surface area contributed by atoms with E-state index in [0.29, 0.717) is 11.2 Å². The Balaban J connectivity index is 1.85. The zero-order chi connectivity index (χ0) is 20.4. The summed E-state index contributed by atoms with van der Waals surface area (Å²) in [7, 11) is 0.734. The van der Waals surface area contributed by atoms with Crippen LogP contribution in [0.5, 0.6) is 0 Å². The highest BCUT2D eigenvalue weighted by atomic mass is 32.7. The van der Waals surface area contributed by atoms with E-state index in [1.807, 2.05) is 23.5 Å². The molecule has 0 radical (unpaired) electrons. The molecule has 1 aliphatic carbocycles. The summed E-state index contributed by atoms with van der Waals surface area (Å²) in [5, 5.41) is 19.2. The molecule has 2 atom stereocenters. The van der Waals surface area contributed by atoms with Gasteiger partial charge in [-0.25, -0.2) is 4.79 Å². The first-order valence-corrected chi connectivity index (χ1v) is 12.2. The van der Waals surface area contributed by atoms with Crippen molar-refractivity contribution in [3.05, 3.63) is 71.5 Å². The summed E-state index contributed by atoms with van der Waals surface area (Å²) in [6.07, 6.45) is 8.50. The van der Waals surface area contributed by atoms with Crippen LogP contribution in [0, 0.1) is 11.3 Å². The Hall–Kier alpha value is -2.54. The Bertz CT molecular complexity index is 1070. The second-order valence-electron chi connectivity index (χ2n) is 7.22. The first-order valence-electron chi connectivity index (χ1n) is 9.54. The Kier molecular flexibility index (Phi) is 5.76. The highest BCUT2D eigenvalue weighted by molar-refractivity contribution is 8.49. The minimum atomic E-state index is -0.965. The van der Waals surface area contributed by atoms with Crippen molar-refractivity contribution in [3.8, 4) is 17.2 Å². The van der Waals surface area contributed by atoms with Gasteiger partial charge in [0.15, 0.2) is 0 Å². The number of nitrogens with zero attached hydrogens (tertiary/aromatic N) is 2. The molecule has 2 aromatic carbocycles. The van der Waals surface area contributed by atoms with Crippen molar-refractivity contribution in [2.24, 2.45) is 0 Å². The van der Waals surface area contributed by atoms with Crippen LogP contribution in [0.2, 0.25) is 0 Å². The molecule has 0 saturated carbocycles. The van der Waals surface area contributed by atoms with Crippen LogP contribution in [-0.4, -0.2) is 23.3 Å². The van der Waals surface area contributed by atoms with Crippen molar-refractivity contribution < 1.29 is 9.90 Å². The number of allylic oxidation sites excluding steroid dienone is 4. The molecule has 0 bridgehead atoms. The lowest BCUT2D eigenvalue weighted by Gasteiger charge is -2.30. The molecule has 2 aromatic rings. The van der Waals surface area contributed by atoms with Crippen LogP contribution in [0.1, 0.15) is 35.7 Å². The molecule has 2 aliphatic rings. The van der Waals surface area contributed by atoms with E-state index >= 15 is 0 Å². The zero-order valence-corrected chi connectivity index (χ0v) is 17.9. The summed E-state index contributed by atoms with van der Waals surface area (Å²) in [5.41, 5.74) is 5.27. The van der Waals surface area contributed by atoms with Gasteiger partial charge in [-0.1, -0.05) is 50.4 Å². The summed E-state index contributed by atoms with van der Waals surface area (Å²) < 4.78 is 0. The van der Waals surface area contributed by atoms with Crippen LogP contribution in [-0.2, 0) is 0 Å². The van der Waals surface area contributed by atoms with Crippen molar-refractivity contribution >= 4 is 30.8 Å². The van der Waals surface area contributed by atoms with Gasteiger partial charge in [0.2, 0.25) is 0 Å². The third-order valence-corrected chi connectivity index (χ3v) is 8.57. The topological polar surface area (TPSA) is 64.3 Å². The number of hydrogen-bond donors (Lipinski definition) is 1. The SMILES string of the molecule is CC1CN(C2=CC=CCC2)c2cc(C#N)c(-c3cccc(C(=O)O)c3)cc2SP1. The maximum atomic E-state index is 11.4. The summed E-state index contributed by atoms with van der Waals surface area (Å²) in [6, 6.07) is 13.2. The Labute approximate surface area is 176 Å². The van der Waals surface area contributed by atoms with Gasteiger partial charge < -0.3 is 10.0 Å². The molecular formula is C23H21N2O2PS. The molecule has 4 nitrogen and oxygen atoms in total. The van der Waals surface area contributed by atoms with Crippen molar-refractivity contribution in [2.75, 3.05) is 11.4 Å². The summed E-state index contributed by atoms with van der Waals surface area (Å²) in [6.45, 7) is 3.21. The van der Waals surface area contributed by atoms with Gasteiger partial charge in [0, 0.05) is 28.4 Å². The minimum absolute atomic E-state index is 0.227. The number of carboxylic acids is 1. The van der Waals surface area contributed by atoms with Gasteiger partial charge in [-0.15, -0.1) is 0 Å². The number of fused-ring (bicyclic) bond motifs is 1. The number of rotatable bonds is 3. The van der Waals surface area contributed by atoms with E-state index in [9.17, 15) is 15.2 Å². The lowest BCUT2D eigenvalue weighted by molar-refractivity contribution is 0.0697. The summed E-state index contributed by atoms with van der Waals surface area (Å²) in [5.74, 6) is -0.965. The van der Waals surface area contributed by atoms with Crippen LogP contribution in [0.25, 0.3) is 11.1 Å². The monoisotopic (exact) mass is 420 g/mol. The normalized spacial score (nSPS) is 19.2. The van der Waals surface area contributed by atoms with E-state index in [2.05, 4.69) is 42.2 Å². The van der Waals surface area contributed by atoms with E-state index in [0.717, 1.165) is 48.9 Å². The summed E-state index contributed by atoms with van der Waals surface area (Å²) in [4.78, 5) is 14.9. The molecule has 2 unspecified atom stereocenters. The average Bonchev–Trinajstić information content (AvgIpc) is 2.92. The predicted molar refractivity (Wildman–Crippen MR) is 121 cm³/mol.